The van der Waals surface area contributed by atoms with Gasteiger partial charge < -0.3 is 15.6 Å². The van der Waals surface area contributed by atoms with E-state index >= 15 is 0 Å². The quantitative estimate of drug-likeness (QED) is 0.819. The Hall–Kier alpha value is -2.07. The van der Waals surface area contributed by atoms with Crippen LogP contribution >= 0.6 is 0 Å². The van der Waals surface area contributed by atoms with Crippen molar-refractivity contribution in [3.8, 4) is 0 Å². The Kier molecular flexibility index (Phi) is 4.75. The molecule has 0 aliphatic rings. The van der Waals surface area contributed by atoms with Crippen molar-refractivity contribution in [1.29, 1.82) is 0 Å². The molecule has 1 aromatic carbocycles. The molecule has 4 heteroatoms. The normalized spacial score (nSPS) is 10.4. The van der Waals surface area contributed by atoms with Gasteiger partial charge in [-0.05, 0) is 23.3 Å². The van der Waals surface area contributed by atoms with Gasteiger partial charge in [-0.3, -0.25) is 4.79 Å². The molecule has 1 aromatic heterocycles. The van der Waals surface area contributed by atoms with Gasteiger partial charge >= 0.3 is 0 Å². The lowest BCUT2D eigenvalue weighted by atomic mass is 10.0. The van der Waals surface area contributed by atoms with Gasteiger partial charge in [0, 0.05) is 32.0 Å². The molecule has 2 rings (SSSR count). The summed E-state index contributed by atoms with van der Waals surface area (Å²) in [7, 11) is 0. The molecule has 100 valence electrons. The van der Waals surface area contributed by atoms with E-state index < -0.39 is 0 Å². The van der Waals surface area contributed by atoms with Crippen LogP contribution in [-0.4, -0.2) is 17.0 Å². The zero-order valence-electron chi connectivity index (χ0n) is 10.9. The zero-order chi connectivity index (χ0) is 13.5. The summed E-state index contributed by atoms with van der Waals surface area (Å²) in [4.78, 5) is 11.8. The van der Waals surface area contributed by atoms with E-state index in [1.807, 2.05) is 53.4 Å². The molecule has 0 aliphatic heterocycles. The molecule has 0 aliphatic carbocycles. The van der Waals surface area contributed by atoms with Crippen molar-refractivity contribution in [2.45, 2.75) is 19.5 Å². The minimum atomic E-state index is 0.0352. The Labute approximate surface area is 113 Å². The SMILES string of the molecule is NCc1ccccc1CC(=O)NCCn1cccc1. The van der Waals surface area contributed by atoms with E-state index in [0.29, 0.717) is 19.5 Å². The molecule has 4 nitrogen and oxygen atoms in total. The van der Waals surface area contributed by atoms with Crippen LogP contribution in [0.4, 0.5) is 0 Å². The molecule has 0 spiro atoms. The van der Waals surface area contributed by atoms with Crippen LogP contribution in [0.5, 0.6) is 0 Å². The number of nitrogens with zero attached hydrogens (tertiary/aromatic N) is 1. The van der Waals surface area contributed by atoms with Crippen molar-refractivity contribution < 1.29 is 4.79 Å². The predicted molar refractivity (Wildman–Crippen MR) is 75.5 cm³/mol. The van der Waals surface area contributed by atoms with Crippen molar-refractivity contribution >= 4 is 5.91 Å². The summed E-state index contributed by atoms with van der Waals surface area (Å²) < 4.78 is 2.04. The molecule has 2 aromatic rings. The van der Waals surface area contributed by atoms with E-state index in [0.717, 1.165) is 17.7 Å². The molecule has 0 saturated carbocycles. The Morgan fingerprint density at radius 3 is 2.47 bits per heavy atom. The van der Waals surface area contributed by atoms with Gasteiger partial charge in [0.15, 0.2) is 0 Å². The number of hydrogen-bond acceptors (Lipinski definition) is 2. The molecule has 0 unspecified atom stereocenters. The number of amides is 1. The minimum absolute atomic E-state index is 0.0352. The first-order valence-corrected chi connectivity index (χ1v) is 6.44. The number of rotatable bonds is 6. The summed E-state index contributed by atoms with van der Waals surface area (Å²) >= 11 is 0. The molecular formula is C15H19N3O. The second-order valence-corrected chi connectivity index (χ2v) is 4.42. The number of aromatic nitrogens is 1. The molecule has 0 fully saturated rings. The van der Waals surface area contributed by atoms with E-state index in [1.165, 1.54) is 0 Å². The van der Waals surface area contributed by atoms with Gasteiger partial charge in [-0.25, -0.2) is 0 Å². The fourth-order valence-corrected chi connectivity index (χ4v) is 2.01. The Morgan fingerprint density at radius 2 is 1.79 bits per heavy atom. The van der Waals surface area contributed by atoms with Crippen LogP contribution in [0.2, 0.25) is 0 Å². The third kappa shape index (κ3) is 3.96. The average Bonchev–Trinajstić information content (AvgIpc) is 2.92. The molecule has 0 atom stereocenters. The van der Waals surface area contributed by atoms with E-state index in [4.69, 9.17) is 5.73 Å². The van der Waals surface area contributed by atoms with Crippen LogP contribution in [0.25, 0.3) is 0 Å². The van der Waals surface area contributed by atoms with Gasteiger partial charge in [-0.15, -0.1) is 0 Å². The first-order chi connectivity index (χ1) is 9.29. The molecule has 1 heterocycles. The number of carbonyl (C=O) groups is 1. The minimum Gasteiger partial charge on any atom is -0.354 e. The summed E-state index contributed by atoms with van der Waals surface area (Å²) in [5.41, 5.74) is 7.69. The first-order valence-electron chi connectivity index (χ1n) is 6.44. The number of nitrogens with one attached hydrogen (secondary N) is 1. The van der Waals surface area contributed by atoms with Gasteiger partial charge in [-0.2, -0.15) is 0 Å². The molecule has 1 amide bonds. The molecule has 0 radical (unpaired) electrons. The number of benzene rings is 1. The number of nitrogens with two attached hydrogens (primary N) is 1. The van der Waals surface area contributed by atoms with Crippen molar-refractivity contribution in [3.05, 3.63) is 59.9 Å². The second-order valence-electron chi connectivity index (χ2n) is 4.42. The summed E-state index contributed by atoms with van der Waals surface area (Å²) in [5.74, 6) is 0.0352. The third-order valence-electron chi connectivity index (χ3n) is 3.05. The fraction of sp³-hybridized carbons (Fsp3) is 0.267. The third-order valence-corrected chi connectivity index (χ3v) is 3.05. The standard InChI is InChI=1S/C15H19N3O/c16-12-14-6-2-1-5-13(14)11-15(19)17-7-10-18-8-3-4-9-18/h1-6,8-9H,7,10-12,16H2,(H,17,19). The van der Waals surface area contributed by atoms with Gasteiger partial charge in [0.2, 0.25) is 5.91 Å². The Balaban J connectivity index is 1.80. The monoisotopic (exact) mass is 257 g/mol. The fourth-order valence-electron chi connectivity index (χ4n) is 2.01. The lowest BCUT2D eigenvalue weighted by molar-refractivity contribution is -0.120. The second kappa shape index (κ2) is 6.75. The van der Waals surface area contributed by atoms with Crippen LogP contribution in [0.15, 0.2) is 48.8 Å². The maximum absolute atomic E-state index is 11.8. The van der Waals surface area contributed by atoms with Crippen LogP contribution in [-0.2, 0) is 24.3 Å². The largest absolute Gasteiger partial charge is 0.354 e. The van der Waals surface area contributed by atoms with E-state index in [1.54, 1.807) is 0 Å². The average molecular weight is 257 g/mol. The Bertz CT molecular complexity index is 520. The van der Waals surface area contributed by atoms with Gasteiger partial charge in [0.1, 0.15) is 0 Å². The van der Waals surface area contributed by atoms with Crippen LogP contribution in [0.1, 0.15) is 11.1 Å². The van der Waals surface area contributed by atoms with Gasteiger partial charge in [0.25, 0.3) is 0 Å². The van der Waals surface area contributed by atoms with Crippen LogP contribution < -0.4 is 11.1 Å². The van der Waals surface area contributed by atoms with Gasteiger partial charge in [-0.1, -0.05) is 24.3 Å². The van der Waals surface area contributed by atoms with Crippen molar-refractivity contribution in [2.75, 3.05) is 6.54 Å². The van der Waals surface area contributed by atoms with Gasteiger partial charge in [0.05, 0.1) is 6.42 Å². The zero-order valence-corrected chi connectivity index (χ0v) is 10.9. The van der Waals surface area contributed by atoms with Crippen LogP contribution in [0.3, 0.4) is 0 Å². The highest BCUT2D eigenvalue weighted by molar-refractivity contribution is 5.78. The van der Waals surface area contributed by atoms with E-state index in [2.05, 4.69) is 5.32 Å². The summed E-state index contributed by atoms with van der Waals surface area (Å²) in [6.07, 6.45) is 4.35. The van der Waals surface area contributed by atoms with E-state index in [9.17, 15) is 4.79 Å². The summed E-state index contributed by atoms with van der Waals surface area (Å²) in [5, 5.41) is 2.92. The number of hydrogen-bond donors (Lipinski definition) is 2. The van der Waals surface area contributed by atoms with Crippen molar-refractivity contribution in [1.82, 2.24) is 9.88 Å². The van der Waals surface area contributed by atoms with Crippen LogP contribution in [0, 0.1) is 0 Å². The topological polar surface area (TPSA) is 60.1 Å². The predicted octanol–water partition coefficient (Wildman–Crippen LogP) is 1.31. The molecule has 0 bridgehead atoms. The summed E-state index contributed by atoms with van der Waals surface area (Å²) in [6.45, 7) is 1.89. The Morgan fingerprint density at radius 1 is 1.11 bits per heavy atom. The highest BCUT2D eigenvalue weighted by Gasteiger charge is 2.06. The first kappa shape index (κ1) is 13.4. The van der Waals surface area contributed by atoms with Crippen molar-refractivity contribution in [3.63, 3.8) is 0 Å². The summed E-state index contributed by atoms with van der Waals surface area (Å²) in [6, 6.07) is 11.7. The lowest BCUT2D eigenvalue weighted by Crippen LogP contribution is -2.28. The van der Waals surface area contributed by atoms with E-state index in [-0.39, 0.29) is 5.91 Å². The molecule has 3 N–H and O–H groups in total. The maximum atomic E-state index is 11.8. The number of carbonyl (C=O) groups excluding carboxylic acids is 1. The molecule has 19 heavy (non-hydrogen) atoms. The molecular weight excluding hydrogens is 238 g/mol. The highest BCUT2D eigenvalue weighted by Crippen LogP contribution is 2.08. The smallest absolute Gasteiger partial charge is 0.224 e. The lowest BCUT2D eigenvalue weighted by Gasteiger charge is -2.09. The highest BCUT2D eigenvalue weighted by atomic mass is 16.1. The molecule has 0 saturated heterocycles. The van der Waals surface area contributed by atoms with Crippen molar-refractivity contribution in [2.24, 2.45) is 5.73 Å². The maximum Gasteiger partial charge on any atom is 0.224 e.